The molecule has 1 aromatic heterocycles. The summed E-state index contributed by atoms with van der Waals surface area (Å²) in [5.41, 5.74) is 9.13. The number of nitrogens with zero attached hydrogens (tertiary/aromatic N) is 1. The highest BCUT2D eigenvalue weighted by molar-refractivity contribution is 14.1. The van der Waals surface area contributed by atoms with E-state index in [1.165, 1.54) is 0 Å². The number of nitrogens with two attached hydrogens (primary N) is 1. The quantitative estimate of drug-likeness (QED) is 0.274. The molecule has 1 heterocycles. The molecular formula is C19H17IN4OS. The zero-order valence-electron chi connectivity index (χ0n) is 14.0. The predicted octanol–water partition coefficient (Wildman–Crippen LogP) is 5.18. The molecule has 4 N–H and O–H groups in total. The van der Waals surface area contributed by atoms with E-state index in [-0.39, 0.29) is 0 Å². The van der Waals surface area contributed by atoms with E-state index in [2.05, 4.69) is 38.2 Å². The van der Waals surface area contributed by atoms with Crippen molar-refractivity contribution in [3.63, 3.8) is 0 Å². The Morgan fingerprint density at radius 2 is 1.85 bits per heavy atom. The Morgan fingerprint density at radius 3 is 2.65 bits per heavy atom. The van der Waals surface area contributed by atoms with Gasteiger partial charge >= 0.3 is 0 Å². The number of nitrogens with one attached hydrogen (secondary N) is 2. The maximum absolute atomic E-state index is 5.99. The van der Waals surface area contributed by atoms with E-state index in [4.69, 9.17) is 22.7 Å². The number of pyridine rings is 1. The van der Waals surface area contributed by atoms with Crippen LogP contribution in [0.1, 0.15) is 5.56 Å². The minimum Gasteiger partial charge on any atom is -0.436 e. The van der Waals surface area contributed by atoms with E-state index in [0.29, 0.717) is 22.4 Å². The lowest BCUT2D eigenvalue weighted by molar-refractivity contribution is 0.462. The van der Waals surface area contributed by atoms with Gasteiger partial charge in [0.2, 0.25) is 5.88 Å². The van der Waals surface area contributed by atoms with Gasteiger partial charge in [0.15, 0.2) is 5.11 Å². The molecule has 0 atom stereocenters. The highest BCUT2D eigenvalue weighted by Crippen LogP contribution is 2.30. The number of anilines is 3. The standard InChI is InChI=1S/C19H17IN4OS/c1-12-8-9-14(21)16(11-12)24-19(26)23-15-6-4-10-22-18(15)25-17-7-3-2-5-13(17)20/h2-11H,21H2,1H3,(H2,23,24,26). The van der Waals surface area contributed by atoms with Crippen LogP contribution in [0.15, 0.2) is 60.8 Å². The SMILES string of the molecule is Cc1ccc(N)c(NC(=S)Nc2cccnc2Oc2ccccc2I)c1. The molecule has 2 aromatic carbocycles. The van der Waals surface area contributed by atoms with Crippen LogP contribution in [-0.2, 0) is 0 Å². The first-order valence-corrected chi connectivity index (χ1v) is 9.33. The van der Waals surface area contributed by atoms with Crippen LogP contribution in [-0.4, -0.2) is 10.1 Å². The van der Waals surface area contributed by atoms with E-state index >= 15 is 0 Å². The Kier molecular flexibility index (Phi) is 5.89. The van der Waals surface area contributed by atoms with Crippen molar-refractivity contribution in [3.8, 4) is 11.6 Å². The molecule has 7 heteroatoms. The molecule has 5 nitrogen and oxygen atoms in total. The number of halogens is 1. The Bertz CT molecular complexity index is 948. The van der Waals surface area contributed by atoms with Crippen LogP contribution >= 0.6 is 34.8 Å². The van der Waals surface area contributed by atoms with E-state index in [1.54, 1.807) is 6.20 Å². The summed E-state index contributed by atoms with van der Waals surface area (Å²) in [6.07, 6.45) is 1.67. The minimum absolute atomic E-state index is 0.405. The maximum atomic E-state index is 5.99. The van der Waals surface area contributed by atoms with Crippen molar-refractivity contribution in [1.82, 2.24) is 4.98 Å². The molecule has 0 bridgehead atoms. The molecule has 26 heavy (non-hydrogen) atoms. The summed E-state index contributed by atoms with van der Waals surface area (Å²) in [5.74, 6) is 1.18. The highest BCUT2D eigenvalue weighted by atomic mass is 127. The second-order valence-corrected chi connectivity index (χ2v) is 7.13. The second-order valence-electron chi connectivity index (χ2n) is 5.56. The zero-order chi connectivity index (χ0) is 18.5. The molecule has 0 aliphatic rings. The number of aryl methyl sites for hydroxylation is 1. The Balaban J connectivity index is 1.77. The molecule has 0 aliphatic carbocycles. The average molecular weight is 476 g/mol. The van der Waals surface area contributed by atoms with Gasteiger partial charge in [-0.15, -0.1) is 0 Å². The zero-order valence-corrected chi connectivity index (χ0v) is 17.0. The van der Waals surface area contributed by atoms with Crippen LogP contribution in [0.2, 0.25) is 0 Å². The van der Waals surface area contributed by atoms with Crippen molar-refractivity contribution in [3.05, 3.63) is 69.9 Å². The van der Waals surface area contributed by atoms with Gasteiger partial charge in [0.05, 0.1) is 14.9 Å². The molecule has 0 unspecified atom stereocenters. The molecule has 0 saturated heterocycles. The van der Waals surface area contributed by atoms with Crippen molar-refractivity contribution in [2.45, 2.75) is 6.92 Å². The summed E-state index contributed by atoms with van der Waals surface area (Å²) in [5, 5.41) is 6.64. The largest absolute Gasteiger partial charge is 0.436 e. The van der Waals surface area contributed by atoms with Crippen LogP contribution in [0.4, 0.5) is 17.1 Å². The first-order valence-electron chi connectivity index (χ1n) is 7.84. The summed E-state index contributed by atoms with van der Waals surface area (Å²) in [4.78, 5) is 4.31. The first-order chi connectivity index (χ1) is 12.5. The number of benzene rings is 2. The minimum atomic E-state index is 0.405. The lowest BCUT2D eigenvalue weighted by Crippen LogP contribution is -2.20. The van der Waals surface area contributed by atoms with Crippen LogP contribution in [0, 0.1) is 10.5 Å². The van der Waals surface area contributed by atoms with Crippen molar-refractivity contribution in [2.24, 2.45) is 0 Å². The summed E-state index contributed by atoms with van der Waals surface area (Å²) >= 11 is 7.63. The molecule has 0 saturated carbocycles. The Morgan fingerprint density at radius 1 is 1.08 bits per heavy atom. The molecule has 0 fully saturated rings. The average Bonchev–Trinajstić information content (AvgIpc) is 2.62. The van der Waals surface area contributed by atoms with Gasteiger partial charge in [-0.2, -0.15) is 0 Å². The van der Waals surface area contributed by atoms with E-state index < -0.39 is 0 Å². The first kappa shape index (κ1) is 18.4. The van der Waals surface area contributed by atoms with Crippen LogP contribution < -0.4 is 21.1 Å². The molecule has 132 valence electrons. The molecule has 0 amide bonds. The summed E-state index contributed by atoms with van der Waals surface area (Å²) in [7, 11) is 0. The van der Waals surface area contributed by atoms with Crippen molar-refractivity contribution in [1.29, 1.82) is 0 Å². The third-order valence-corrected chi connectivity index (χ3v) is 4.61. The number of rotatable bonds is 4. The number of hydrogen-bond acceptors (Lipinski definition) is 4. The fraction of sp³-hybridized carbons (Fsp3) is 0.0526. The summed E-state index contributed by atoms with van der Waals surface area (Å²) < 4.78 is 6.94. The van der Waals surface area contributed by atoms with Crippen molar-refractivity contribution < 1.29 is 4.74 Å². The fourth-order valence-electron chi connectivity index (χ4n) is 2.25. The lowest BCUT2D eigenvalue weighted by atomic mass is 10.2. The van der Waals surface area contributed by atoms with Gasteiger partial charge in [-0.05, 0) is 83.7 Å². The molecule has 0 radical (unpaired) electrons. The Hall–Kier alpha value is -2.39. The van der Waals surface area contributed by atoms with Crippen LogP contribution in [0.3, 0.4) is 0 Å². The van der Waals surface area contributed by atoms with Gasteiger partial charge in [-0.25, -0.2) is 4.98 Å². The van der Waals surface area contributed by atoms with Crippen molar-refractivity contribution >= 4 is 57.0 Å². The van der Waals surface area contributed by atoms with Gasteiger partial charge in [-0.1, -0.05) is 18.2 Å². The van der Waals surface area contributed by atoms with Gasteiger partial charge in [0.25, 0.3) is 0 Å². The van der Waals surface area contributed by atoms with E-state index in [9.17, 15) is 0 Å². The highest BCUT2D eigenvalue weighted by Gasteiger charge is 2.10. The van der Waals surface area contributed by atoms with Crippen molar-refractivity contribution in [2.75, 3.05) is 16.4 Å². The second kappa shape index (κ2) is 8.33. The monoisotopic (exact) mass is 476 g/mol. The fourth-order valence-corrected chi connectivity index (χ4v) is 2.97. The normalized spacial score (nSPS) is 10.2. The van der Waals surface area contributed by atoms with Crippen LogP contribution in [0.25, 0.3) is 0 Å². The smallest absolute Gasteiger partial charge is 0.243 e. The third kappa shape index (κ3) is 4.61. The molecule has 3 rings (SSSR count). The van der Waals surface area contributed by atoms with Gasteiger partial charge in [0, 0.05) is 6.20 Å². The third-order valence-electron chi connectivity index (χ3n) is 3.52. The lowest BCUT2D eigenvalue weighted by Gasteiger charge is -2.15. The number of nitrogen functional groups attached to an aromatic ring is 1. The van der Waals surface area contributed by atoms with Gasteiger partial charge in [0.1, 0.15) is 11.4 Å². The Labute approximate surface area is 171 Å². The number of aromatic nitrogens is 1. The molecule has 3 aromatic rings. The summed E-state index contributed by atoms with van der Waals surface area (Å²) in [6, 6.07) is 17.1. The van der Waals surface area contributed by atoms with Gasteiger partial charge < -0.3 is 21.1 Å². The van der Waals surface area contributed by atoms with E-state index in [0.717, 1.165) is 20.6 Å². The number of thiocarbonyl (C=S) groups is 1. The topological polar surface area (TPSA) is 72.2 Å². The predicted molar refractivity (Wildman–Crippen MR) is 119 cm³/mol. The summed E-state index contributed by atoms with van der Waals surface area (Å²) in [6.45, 7) is 2.00. The molecule has 0 spiro atoms. The number of para-hydroxylation sites is 1. The number of ether oxygens (including phenoxy) is 1. The maximum Gasteiger partial charge on any atom is 0.243 e. The molecule has 0 aliphatic heterocycles. The van der Waals surface area contributed by atoms with E-state index in [1.807, 2.05) is 61.5 Å². The van der Waals surface area contributed by atoms with Gasteiger partial charge in [-0.3, -0.25) is 0 Å². The number of hydrogen-bond donors (Lipinski definition) is 3. The van der Waals surface area contributed by atoms with Crippen LogP contribution in [0.5, 0.6) is 11.6 Å². The molecular weight excluding hydrogens is 459 g/mol.